The van der Waals surface area contributed by atoms with Crippen molar-refractivity contribution < 1.29 is 9.90 Å². The maximum atomic E-state index is 12.9. The Morgan fingerprint density at radius 1 is 1.18 bits per heavy atom. The molecule has 2 aromatic rings. The summed E-state index contributed by atoms with van der Waals surface area (Å²) in [6, 6.07) is 6.22. The fraction of sp³-hybridized carbons (Fsp3) is 0.476. The van der Waals surface area contributed by atoms with Gasteiger partial charge in [-0.3, -0.25) is 4.79 Å². The molecule has 2 aliphatic rings. The maximum Gasteiger partial charge on any atom is 0.240 e. The van der Waals surface area contributed by atoms with Gasteiger partial charge in [-0.05, 0) is 50.3 Å². The summed E-state index contributed by atoms with van der Waals surface area (Å²) in [5.41, 5.74) is 9.27. The summed E-state index contributed by atoms with van der Waals surface area (Å²) < 4.78 is 0. The number of hydrogen-bond acceptors (Lipinski definition) is 6. The molecule has 148 valence electrons. The van der Waals surface area contributed by atoms with Crippen LogP contribution in [0.25, 0.3) is 0 Å². The number of hydrogen-bond donors (Lipinski definition) is 2. The fourth-order valence-corrected chi connectivity index (χ4v) is 4.12. The van der Waals surface area contributed by atoms with E-state index in [9.17, 15) is 9.90 Å². The first-order valence-corrected chi connectivity index (χ1v) is 9.95. The van der Waals surface area contributed by atoms with Crippen molar-refractivity contribution in [2.75, 3.05) is 24.5 Å². The lowest BCUT2D eigenvalue weighted by molar-refractivity contribution is -0.133. The molecule has 0 aliphatic carbocycles. The third-order valence-corrected chi connectivity index (χ3v) is 5.58. The third-order valence-electron chi connectivity index (χ3n) is 5.58. The summed E-state index contributed by atoms with van der Waals surface area (Å²) >= 11 is 0. The van der Waals surface area contributed by atoms with E-state index in [1.165, 1.54) is 18.4 Å². The van der Waals surface area contributed by atoms with Gasteiger partial charge in [0.15, 0.2) is 0 Å². The minimum Gasteiger partial charge on any atom is -0.508 e. The van der Waals surface area contributed by atoms with Crippen LogP contribution in [0.15, 0.2) is 24.3 Å². The minimum atomic E-state index is -0.605. The molecule has 7 nitrogen and oxygen atoms in total. The lowest BCUT2D eigenvalue weighted by Crippen LogP contribution is -2.47. The molecule has 7 heteroatoms. The first-order chi connectivity index (χ1) is 13.5. The Labute approximate surface area is 165 Å². The van der Waals surface area contributed by atoms with Gasteiger partial charge in [-0.15, -0.1) is 0 Å². The van der Waals surface area contributed by atoms with Gasteiger partial charge in [0.2, 0.25) is 5.91 Å². The SMILES string of the molecule is Cc1nc2c(c(N3CCCC3)n1)CCN(C(=O)[C@@H](N)Cc1ccc(O)cc1)C2. The van der Waals surface area contributed by atoms with Gasteiger partial charge in [-0.1, -0.05) is 12.1 Å². The van der Waals surface area contributed by atoms with Crippen molar-refractivity contribution in [3.63, 3.8) is 0 Å². The molecule has 3 heterocycles. The molecule has 1 atom stereocenters. The molecule has 1 aromatic carbocycles. The summed E-state index contributed by atoms with van der Waals surface area (Å²) in [5, 5.41) is 9.40. The number of carbonyl (C=O) groups is 1. The second kappa shape index (κ2) is 7.75. The van der Waals surface area contributed by atoms with E-state index in [-0.39, 0.29) is 11.7 Å². The predicted molar refractivity (Wildman–Crippen MR) is 107 cm³/mol. The van der Waals surface area contributed by atoms with Crippen LogP contribution < -0.4 is 10.6 Å². The first-order valence-electron chi connectivity index (χ1n) is 9.95. The highest BCUT2D eigenvalue weighted by molar-refractivity contribution is 5.82. The van der Waals surface area contributed by atoms with Crippen molar-refractivity contribution in [1.29, 1.82) is 0 Å². The smallest absolute Gasteiger partial charge is 0.240 e. The van der Waals surface area contributed by atoms with E-state index >= 15 is 0 Å². The van der Waals surface area contributed by atoms with E-state index in [2.05, 4.69) is 9.88 Å². The average molecular weight is 381 g/mol. The standard InChI is InChI=1S/C21H27N5O2/c1-14-23-19-13-26(11-8-17(19)20(24-14)25-9-2-3-10-25)21(28)18(22)12-15-4-6-16(27)7-5-15/h4-7,18,27H,2-3,8-13,22H2,1H3/t18-/m0/s1. The molecule has 2 aliphatic heterocycles. The number of rotatable bonds is 4. The van der Waals surface area contributed by atoms with Crippen LogP contribution in [0, 0.1) is 6.92 Å². The van der Waals surface area contributed by atoms with E-state index in [1.54, 1.807) is 24.3 Å². The number of anilines is 1. The first kappa shape index (κ1) is 18.7. The molecule has 0 saturated carbocycles. The normalized spacial score (nSPS) is 17.5. The number of aromatic nitrogens is 2. The van der Waals surface area contributed by atoms with Crippen LogP contribution in [0.2, 0.25) is 0 Å². The summed E-state index contributed by atoms with van der Waals surface area (Å²) in [7, 11) is 0. The molecule has 1 aromatic heterocycles. The van der Waals surface area contributed by atoms with Gasteiger partial charge in [0.05, 0.1) is 18.3 Å². The number of nitrogens with zero attached hydrogens (tertiary/aromatic N) is 4. The molecule has 1 saturated heterocycles. The monoisotopic (exact) mass is 381 g/mol. The van der Waals surface area contributed by atoms with E-state index in [1.807, 2.05) is 11.8 Å². The van der Waals surface area contributed by atoms with Gasteiger partial charge in [0.25, 0.3) is 0 Å². The van der Waals surface area contributed by atoms with Crippen molar-refractivity contribution in [3.8, 4) is 5.75 Å². The van der Waals surface area contributed by atoms with Gasteiger partial charge in [0.1, 0.15) is 17.4 Å². The number of phenolic OH excluding ortho intramolecular Hbond substituents is 1. The van der Waals surface area contributed by atoms with Crippen molar-refractivity contribution in [2.24, 2.45) is 5.73 Å². The highest BCUT2D eigenvalue weighted by Gasteiger charge is 2.29. The number of aryl methyl sites for hydroxylation is 1. The fourth-order valence-electron chi connectivity index (χ4n) is 4.12. The Bertz CT molecular complexity index is 862. The highest BCUT2D eigenvalue weighted by atomic mass is 16.3. The third kappa shape index (κ3) is 3.80. The molecule has 3 N–H and O–H groups in total. The molecule has 0 spiro atoms. The lowest BCUT2D eigenvalue weighted by Gasteiger charge is -2.32. The summed E-state index contributed by atoms with van der Waals surface area (Å²) in [6.45, 7) is 5.13. The van der Waals surface area contributed by atoms with E-state index in [0.717, 1.165) is 42.4 Å². The van der Waals surface area contributed by atoms with Crippen LogP contribution in [0.5, 0.6) is 5.75 Å². The van der Waals surface area contributed by atoms with Crippen molar-refractivity contribution in [2.45, 2.75) is 45.2 Å². The predicted octanol–water partition coefficient (Wildman–Crippen LogP) is 1.55. The van der Waals surface area contributed by atoms with Gasteiger partial charge in [0, 0.05) is 25.2 Å². The van der Waals surface area contributed by atoms with Gasteiger partial charge >= 0.3 is 0 Å². The number of benzene rings is 1. The Hall–Kier alpha value is -2.67. The van der Waals surface area contributed by atoms with Crippen molar-refractivity contribution >= 4 is 11.7 Å². The number of fused-ring (bicyclic) bond motifs is 1. The van der Waals surface area contributed by atoms with E-state index in [0.29, 0.717) is 19.5 Å². The number of carbonyl (C=O) groups excluding carboxylic acids is 1. The second-order valence-corrected chi connectivity index (χ2v) is 7.70. The summed E-state index contributed by atoms with van der Waals surface area (Å²) in [6.07, 6.45) is 3.62. The number of amides is 1. The molecule has 4 rings (SSSR count). The Balaban J connectivity index is 1.48. The van der Waals surface area contributed by atoms with E-state index in [4.69, 9.17) is 10.7 Å². The van der Waals surface area contributed by atoms with Crippen LogP contribution in [0.1, 0.15) is 35.5 Å². The largest absolute Gasteiger partial charge is 0.508 e. The molecule has 1 fully saturated rings. The number of phenols is 1. The van der Waals surface area contributed by atoms with Gasteiger partial charge in [-0.2, -0.15) is 0 Å². The number of nitrogens with two attached hydrogens (primary N) is 1. The molecule has 1 amide bonds. The molecule has 0 unspecified atom stereocenters. The molecular formula is C21H27N5O2. The second-order valence-electron chi connectivity index (χ2n) is 7.70. The average Bonchev–Trinajstić information content (AvgIpc) is 3.22. The molecule has 0 bridgehead atoms. The van der Waals surface area contributed by atoms with Crippen LogP contribution in [0.4, 0.5) is 5.82 Å². The zero-order valence-electron chi connectivity index (χ0n) is 16.3. The highest BCUT2D eigenvalue weighted by Crippen LogP contribution is 2.29. The van der Waals surface area contributed by atoms with Crippen LogP contribution in [0.3, 0.4) is 0 Å². The molecule has 0 radical (unpaired) electrons. The van der Waals surface area contributed by atoms with Crippen molar-refractivity contribution in [3.05, 3.63) is 46.9 Å². The zero-order chi connectivity index (χ0) is 19.7. The van der Waals surface area contributed by atoms with Gasteiger partial charge in [-0.25, -0.2) is 9.97 Å². The van der Waals surface area contributed by atoms with E-state index < -0.39 is 6.04 Å². The van der Waals surface area contributed by atoms with Gasteiger partial charge < -0.3 is 20.6 Å². The van der Waals surface area contributed by atoms with Crippen molar-refractivity contribution in [1.82, 2.24) is 14.9 Å². The van der Waals surface area contributed by atoms with Crippen LogP contribution in [-0.4, -0.2) is 51.6 Å². The lowest BCUT2D eigenvalue weighted by atomic mass is 10.0. The Morgan fingerprint density at radius 2 is 1.89 bits per heavy atom. The summed E-state index contributed by atoms with van der Waals surface area (Å²) in [4.78, 5) is 26.4. The van der Waals surface area contributed by atoms with Crippen LogP contribution in [-0.2, 0) is 24.2 Å². The maximum absolute atomic E-state index is 12.9. The zero-order valence-corrected chi connectivity index (χ0v) is 16.3. The molecule has 28 heavy (non-hydrogen) atoms. The molecular weight excluding hydrogens is 354 g/mol. The van der Waals surface area contributed by atoms with Crippen LogP contribution >= 0.6 is 0 Å². The quantitative estimate of drug-likeness (QED) is 0.834. The topological polar surface area (TPSA) is 95.6 Å². The Kier molecular flexibility index (Phi) is 5.17. The minimum absolute atomic E-state index is 0.0577. The Morgan fingerprint density at radius 3 is 2.61 bits per heavy atom. The summed E-state index contributed by atoms with van der Waals surface area (Å²) in [5.74, 6) is 1.96. The number of aromatic hydroxyl groups is 1.